The van der Waals surface area contributed by atoms with Crippen molar-refractivity contribution >= 4 is 21.7 Å². The number of pyridine rings is 1. The van der Waals surface area contributed by atoms with Gasteiger partial charge in [-0.3, -0.25) is 9.78 Å². The number of ketones is 1. The van der Waals surface area contributed by atoms with Crippen molar-refractivity contribution < 1.29 is 14.3 Å². The van der Waals surface area contributed by atoms with Crippen molar-refractivity contribution in [1.82, 2.24) is 4.98 Å². The lowest BCUT2D eigenvalue weighted by Crippen LogP contribution is -2.16. The predicted octanol–water partition coefficient (Wildman–Crippen LogP) is 2.85. The third-order valence-electron chi connectivity index (χ3n) is 2.78. The van der Waals surface area contributed by atoms with Crippen molar-refractivity contribution in [3.63, 3.8) is 0 Å². The van der Waals surface area contributed by atoms with Crippen LogP contribution in [0.5, 0.6) is 11.5 Å². The summed E-state index contributed by atoms with van der Waals surface area (Å²) >= 11 is 3.33. The Hall–Kier alpha value is -1.88. The fourth-order valence-electron chi connectivity index (χ4n) is 1.87. The summed E-state index contributed by atoms with van der Waals surface area (Å²) in [4.78, 5) is 16.5. The van der Waals surface area contributed by atoms with Gasteiger partial charge in [0.1, 0.15) is 18.9 Å². The van der Waals surface area contributed by atoms with Gasteiger partial charge in [0.2, 0.25) is 5.78 Å². The van der Waals surface area contributed by atoms with Gasteiger partial charge in [0.25, 0.3) is 0 Å². The van der Waals surface area contributed by atoms with E-state index in [1.807, 2.05) is 0 Å². The van der Waals surface area contributed by atoms with Crippen LogP contribution in [0.15, 0.2) is 41.0 Å². The van der Waals surface area contributed by atoms with Gasteiger partial charge in [0.05, 0.1) is 0 Å². The predicted molar refractivity (Wildman–Crippen MR) is 72.8 cm³/mol. The van der Waals surface area contributed by atoms with Crippen molar-refractivity contribution in [3.8, 4) is 11.5 Å². The van der Waals surface area contributed by atoms with Crippen LogP contribution < -0.4 is 9.47 Å². The minimum atomic E-state index is -0.149. The van der Waals surface area contributed by atoms with Crippen LogP contribution in [0.3, 0.4) is 0 Å². The highest BCUT2D eigenvalue weighted by atomic mass is 79.9. The molecule has 0 amide bonds. The zero-order chi connectivity index (χ0) is 13.2. The summed E-state index contributed by atoms with van der Waals surface area (Å²) in [5, 5.41) is 0. The summed E-state index contributed by atoms with van der Waals surface area (Å²) in [5.41, 5.74) is 0.919. The van der Waals surface area contributed by atoms with Gasteiger partial charge in [0.15, 0.2) is 11.5 Å². The Labute approximate surface area is 118 Å². The quantitative estimate of drug-likeness (QED) is 0.799. The number of rotatable bonds is 2. The van der Waals surface area contributed by atoms with Crippen LogP contribution in [-0.4, -0.2) is 24.0 Å². The Morgan fingerprint density at radius 3 is 2.74 bits per heavy atom. The van der Waals surface area contributed by atoms with Crippen LogP contribution in [0.4, 0.5) is 0 Å². The van der Waals surface area contributed by atoms with Gasteiger partial charge < -0.3 is 9.47 Å². The Morgan fingerprint density at radius 2 is 1.95 bits per heavy atom. The third-order valence-corrected chi connectivity index (χ3v) is 3.42. The van der Waals surface area contributed by atoms with E-state index in [1.54, 1.807) is 36.5 Å². The molecule has 0 bridgehead atoms. The lowest BCUT2D eigenvalue weighted by atomic mass is 10.1. The molecule has 19 heavy (non-hydrogen) atoms. The van der Waals surface area contributed by atoms with Crippen LogP contribution >= 0.6 is 15.9 Å². The smallest absolute Gasteiger partial charge is 0.212 e. The molecule has 0 saturated carbocycles. The van der Waals surface area contributed by atoms with Crippen molar-refractivity contribution in [2.45, 2.75) is 0 Å². The number of fused-ring (bicyclic) bond motifs is 1. The first-order chi connectivity index (χ1) is 9.25. The second-order valence-corrected chi connectivity index (χ2v) is 4.88. The molecule has 0 saturated heterocycles. The normalized spacial score (nSPS) is 13.1. The van der Waals surface area contributed by atoms with Gasteiger partial charge in [0, 0.05) is 16.2 Å². The number of hydrogen-bond acceptors (Lipinski definition) is 4. The highest BCUT2D eigenvalue weighted by Crippen LogP contribution is 2.31. The van der Waals surface area contributed by atoms with E-state index in [9.17, 15) is 4.79 Å². The molecular weight excluding hydrogens is 310 g/mol. The summed E-state index contributed by atoms with van der Waals surface area (Å²) < 4.78 is 11.6. The monoisotopic (exact) mass is 319 g/mol. The van der Waals surface area contributed by atoms with Crippen LogP contribution in [-0.2, 0) is 0 Å². The number of carbonyl (C=O) groups excluding carboxylic acids is 1. The Morgan fingerprint density at radius 1 is 1.16 bits per heavy atom. The number of halogens is 1. The zero-order valence-corrected chi connectivity index (χ0v) is 11.5. The van der Waals surface area contributed by atoms with Crippen molar-refractivity contribution in [2.75, 3.05) is 13.2 Å². The van der Waals surface area contributed by atoms with Gasteiger partial charge in [-0.25, -0.2) is 0 Å². The maximum absolute atomic E-state index is 12.4. The lowest BCUT2D eigenvalue weighted by Gasteiger charge is -2.18. The first-order valence-corrected chi connectivity index (χ1v) is 6.60. The summed E-state index contributed by atoms with van der Waals surface area (Å²) in [6.07, 6.45) is 1.59. The Kier molecular flexibility index (Phi) is 3.21. The van der Waals surface area contributed by atoms with E-state index >= 15 is 0 Å². The molecular formula is C14H10BrNO3. The number of aromatic nitrogens is 1. The minimum Gasteiger partial charge on any atom is -0.486 e. The molecule has 1 aromatic heterocycles. The van der Waals surface area contributed by atoms with Crippen molar-refractivity contribution in [3.05, 3.63) is 52.3 Å². The van der Waals surface area contributed by atoms with E-state index in [1.165, 1.54) is 0 Å². The number of benzene rings is 1. The van der Waals surface area contributed by atoms with Gasteiger partial charge in [-0.15, -0.1) is 0 Å². The first kappa shape index (κ1) is 12.2. The fourth-order valence-corrected chi connectivity index (χ4v) is 2.31. The number of nitrogens with zero attached hydrogens (tertiary/aromatic N) is 1. The Balaban J connectivity index is 1.98. The molecule has 0 aliphatic carbocycles. The van der Waals surface area contributed by atoms with Crippen LogP contribution in [0, 0.1) is 0 Å². The molecule has 0 fully saturated rings. The average Bonchev–Trinajstić information content (AvgIpc) is 2.46. The minimum absolute atomic E-state index is 0.149. The molecule has 0 unspecified atom stereocenters. The van der Waals surface area contributed by atoms with E-state index in [0.717, 1.165) is 0 Å². The third kappa shape index (κ3) is 2.33. The second kappa shape index (κ2) is 5.01. The Bertz CT molecular complexity index is 642. The maximum Gasteiger partial charge on any atom is 0.212 e. The molecule has 2 heterocycles. The SMILES string of the molecule is O=C(c1ccc2c(c1)OCCO2)c1ncccc1Br. The van der Waals surface area contributed by atoms with E-state index < -0.39 is 0 Å². The first-order valence-electron chi connectivity index (χ1n) is 5.80. The van der Waals surface area contributed by atoms with Crippen molar-refractivity contribution in [1.29, 1.82) is 0 Å². The fraction of sp³-hybridized carbons (Fsp3) is 0.143. The maximum atomic E-state index is 12.4. The van der Waals surface area contributed by atoms with Gasteiger partial charge >= 0.3 is 0 Å². The van der Waals surface area contributed by atoms with Gasteiger partial charge in [-0.1, -0.05) is 0 Å². The average molecular weight is 320 g/mol. The number of carbonyl (C=O) groups is 1. The van der Waals surface area contributed by atoms with E-state index in [0.29, 0.717) is 40.4 Å². The molecule has 1 aliphatic rings. The van der Waals surface area contributed by atoms with E-state index in [4.69, 9.17) is 9.47 Å². The number of ether oxygens (including phenoxy) is 2. The van der Waals surface area contributed by atoms with Crippen LogP contribution in [0.2, 0.25) is 0 Å². The van der Waals surface area contributed by atoms with Gasteiger partial charge in [-0.05, 0) is 46.3 Å². The molecule has 0 atom stereocenters. The summed E-state index contributed by atoms with van der Waals surface area (Å²) in [5.74, 6) is 1.12. The topological polar surface area (TPSA) is 48.4 Å². The molecule has 5 heteroatoms. The largest absolute Gasteiger partial charge is 0.486 e. The zero-order valence-electron chi connectivity index (χ0n) is 9.93. The highest BCUT2D eigenvalue weighted by molar-refractivity contribution is 9.10. The standard InChI is InChI=1S/C14H10BrNO3/c15-10-2-1-5-16-13(10)14(17)9-3-4-11-12(8-9)19-7-6-18-11/h1-5,8H,6-7H2. The molecule has 1 aliphatic heterocycles. The van der Waals surface area contributed by atoms with E-state index in [-0.39, 0.29) is 5.78 Å². The van der Waals surface area contributed by atoms with Gasteiger partial charge in [-0.2, -0.15) is 0 Å². The highest BCUT2D eigenvalue weighted by Gasteiger charge is 2.18. The molecule has 0 N–H and O–H groups in total. The van der Waals surface area contributed by atoms with E-state index in [2.05, 4.69) is 20.9 Å². The molecule has 2 aromatic rings. The summed E-state index contributed by atoms with van der Waals surface area (Å²) in [6.45, 7) is 1.03. The molecule has 3 rings (SSSR count). The summed E-state index contributed by atoms with van der Waals surface area (Å²) in [6, 6.07) is 8.72. The molecule has 0 spiro atoms. The van der Waals surface area contributed by atoms with Crippen molar-refractivity contribution in [2.24, 2.45) is 0 Å². The molecule has 0 radical (unpaired) electrons. The molecule has 4 nitrogen and oxygen atoms in total. The molecule has 1 aromatic carbocycles. The van der Waals surface area contributed by atoms with Crippen LogP contribution in [0.25, 0.3) is 0 Å². The lowest BCUT2D eigenvalue weighted by molar-refractivity contribution is 0.103. The van der Waals surface area contributed by atoms with Crippen LogP contribution in [0.1, 0.15) is 16.1 Å². The molecule has 96 valence electrons. The summed E-state index contributed by atoms with van der Waals surface area (Å²) in [7, 11) is 0. The second-order valence-electron chi connectivity index (χ2n) is 4.02. The number of hydrogen-bond donors (Lipinski definition) is 0.